The zero-order valence-electron chi connectivity index (χ0n) is 11.4. The number of likely N-dealkylation sites (tertiary alicyclic amines) is 1. The van der Waals surface area contributed by atoms with Gasteiger partial charge in [0.15, 0.2) is 0 Å². The minimum Gasteiger partial charge on any atom is -0.397 e. The summed E-state index contributed by atoms with van der Waals surface area (Å²) in [6.07, 6.45) is 2.30. The van der Waals surface area contributed by atoms with Crippen molar-refractivity contribution < 1.29 is 4.79 Å². The standard InChI is InChI=1S/C14H22N4O/c1-2-18-7-3-4-11(9-18)17-13-8-10(14(16)19)5-6-12(13)15/h5-6,8,11,17H,2-4,7,9,15H2,1H3,(H2,16,19). The number of nitrogen functional groups attached to an aromatic ring is 1. The molecule has 5 nitrogen and oxygen atoms in total. The zero-order valence-corrected chi connectivity index (χ0v) is 11.4. The lowest BCUT2D eigenvalue weighted by Crippen LogP contribution is -2.41. The third-order valence-corrected chi connectivity index (χ3v) is 3.65. The van der Waals surface area contributed by atoms with Crippen LogP contribution in [0.3, 0.4) is 0 Å². The minimum atomic E-state index is -0.429. The van der Waals surface area contributed by atoms with Crippen molar-refractivity contribution in [1.82, 2.24) is 4.90 Å². The highest BCUT2D eigenvalue weighted by atomic mass is 16.1. The van der Waals surface area contributed by atoms with Gasteiger partial charge in [-0.2, -0.15) is 0 Å². The fraction of sp³-hybridized carbons (Fsp3) is 0.500. The molecule has 1 amide bonds. The van der Waals surface area contributed by atoms with E-state index in [0.29, 0.717) is 17.3 Å². The summed E-state index contributed by atoms with van der Waals surface area (Å²) in [5, 5.41) is 3.43. The Morgan fingerprint density at radius 3 is 3.00 bits per heavy atom. The Bertz CT molecular complexity index is 461. The van der Waals surface area contributed by atoms with E-state index in [1.165, 1.54) is 6.42 Å². The fourth-order valence-corrected chi connectivity index (χ4v) is 2.52. The molecule has 0 spiro atoms. The normalized spacial score (nSPS) is 20.2. The van der Waals surface area contributed by atoms with E-state index < -0.39 is 5.91 Å². The number of likely N-dealkylation sites (N-methyl/N-ethyl adjacent to an activating group) is 1. The van der Waals surface area contributed by atoms with Gasteiger partial charge in [-0.05, 0) is 44.1 Å². The number of nitrogens with zero attached hydrogens (tertiary/aromatic N) is 1. The number of carbonyl (C=O) groups excluding carboxylic acids is 1. The molecule has 0 radical (unpaired) electrons. The van der Waals surface area contributed by atoms with Gasteiger partial charge in [-0.25, -0.2) is 0 Å². The number of carbonyl (C=O) groups is 1. The quantitative estimate of drug-likeness (QED) is 0.713. The molecule has 5 heteroatoms. The topological polar surface area (TPSA) is 84.4 Å². The fourth-order valence-electron chi connectivity index (χ4n) is 2.52. The number of nitrogens with two attached hydrogens (primary N) is 2. The van der Waals surface area contributed by atoms with Gasteiger partial charge in [0.2, 0.25) is 5.91 Å². The Balaban J connectivity index is 2.09. The third kappa shape index (κ3) is 3.38. The average molecular weight is 262 g/mol. The largest absolute Gasteiger partial charge is 0.397 e. The number of hydrogen-bond donors (Lipinski definition) is 3. The Labute approximate surface area is 113 Å². The van der Waals surface area contributed by atoms with Crippen LogP contribution in [0.2, 0.25) is 0 Å². The van der Waals surface area contributed by atoms with Crippen molar-refractivity contribution >= 4 is 17.3 Å². The molecule has 1 heterocycles. The second-order valence-electron chi connectivity index (χ2n) is 5.04. The van der Waals surface area contributed by atoms with Gasteiger partial charge in [0.05, 0.1) is 11.4 Å². The van der Waals surface area contributed by atoms with Gasteiger partial charge in [0, 0.05) is 18.2 Å². The van der Waals surface area contributed by atoms with Crippen LogP contribution in [0.25, 0.3) is 0 Å². The first-order valence-electron chi connectivity index (χ1n) is 6.78. The van der Waals surface area contributed by atoms with E-state index in [2.05, 4.69) is 17.1 Å². The van der Waals surface area contributed by atoms with Crippen molar-refractivity contribution in [2.75, 3.05) is 30.7 Å². The van der Waals surface area contributed by atoms with Crippen LogP contribution >= 0.6 is 0 Å². The number of piperidine rings is 1. The highest BCUT2D eigenvalue weighted by Crippen LogP contribution is 2.23. The van der Waals surface area contributed by atoms with E-state index in [1.807, 2.05) is 0 Å². The lowest BCUT2D eigenvalue weighted by atomic mass is 10.0. The molecule has 1 aromatic rings. The Kier molecular flexibility index (Phi) is 4.27. The number of nitrogens with one attached hydrogen (secondary N) is 1. The number of benzene rings is 1. The number of rotatable bonds is 4. The van der Waals surface area contributed by atoms with Crippen LogP contribution in [0, 0.1) is 0 Å². The molecule has 1 unspecified atom stereocenters. The lowest BCUT2D eigenvalue weighted by Gasteiger charge is -2.33. The zero-order chi connectivity index (χ0) is 13.8. The number of primary amides is 1. The van der Waals surface area contributed by atoms with Crippen molar-refractivity contribution in [2.45, 2.75) is 25.8 Å². The van der Waals surface area contributed by atoms with Gasteiger partial charge in [-0.15, -0.1) is 0 Å². The summed E-state index contributed by atoms with van der Waals surface area (Å²) in [6, 6.07) is 5.49. The van der Waals surface area contributed by atoms with E-state index in [0.717, 1.165) is 31.7 Å². The molecule has 1 aliphatic rings. The molecular weight excluding hydrogens is 240 g/mol. The van der Waals surface area contributed by atoms with E-state index in [1.54, 1.807) is 18.2 Å². The summed E-state index contributed by atoms with van der Waals surface area (Å²) >= 11 is 0. The molecule has 1 saturated heterocycles. The van der Waals surface area contributed by atoms with Crippen molar-refractivity contribution in [3.63, 3.8) is 0 Å². The molecule has 0 aliphatic carbocycles. The number of hydrogen-bond acceptors (Lipinski definition) is 4. The second-order valence-corrected chi connectivity index (χ2v) is 5.04. The van der Waals surface area contributed by atoms with Crippen molar-refractivity contribution in [3.8, 4) is 0 Å². The van der Waals surface area contributed by atoms with Crippen LogP contribution < -0.4 is 16.8 Å². The summed E-state index contributed by atoms with van der Waals surface area (Å²) in [4.78, 5) is 13.6. The van der Waals surface area contributed by atoms with E-state index >= 15 is 0 Å². The summed E-state index contributed by atoms with van der Waals surface area (Å²) in [7, 11) is 0. The van der Waals surface area contributed by atoms with Gasteiger partial charge in [-0.3, -0.25) is 4.79 Å². The van der Waals surface area contributed by atoms with Crippen LogP contribution in [-0.4, -0.2) is 36.5 Å². The monoisotopic (exact) mass is 262 g/mol. The molecule has 0 saturated carbocycles. The molecule has 1 aromatic carbocycles. The molecule has 1 aliphatic heterocycles. The first kappa shape index (κ1) is 13.7. The van der Waals surface area contributed by atoms with Crippen molar-refractivity contribution in [3.05, 3.63) is 23.8 Å². The SMILES string of the molecule is CCN1CCCC(Nc2cc(C(N)=O)ccc2N)C1. The smallest absolute Gasteiger partial charge is 0.248 e. The predicted molar refractivity (Wildman–Crippen MR) is 78.1 cm³/mol. The van der Waals surface area contributed by atoms with Gasteiger partial charge in [-0.1, -0.05) is 6.92 Å². The van der Waals surface area contributed by atoms with Crippen LogP contribution in [-0.2, 0) is 0 Å². The van der Waals surface area contributed by atoms with E-state index in [9.17, 15) is 4.79 Å². The molecule has 104 valence electrons. The maximum atomic E-state index is 11.2. The highest BCUT2D eigenvalue weighted by molar-refractivity contribution is 5.94. The van der Waals surface area contributed by atoms with Crippen LogP contribution in [0.4, 0.5) is 11.4 Å². The second kappa shape index (κ2) is 5.93. The Hall–Kier alpha value is -1.75. The molecule has 5 N–H and O–H groups in total. The number of anilines is 2. The first-order chi connectivity index (χ1) is 9.10. The average Bonchev–Trinajstić information content (AvgIpc) is 2.41. The molecule has 1 fully saturated rings. The molecular formula is C14H22N4O. The maximum absolute atomic E-state index is 11.2. The van der Waals surface area contributed by atoms with Crippen LogP contribution in [0.5, 0.6) is 0 Å². The first-order valence-corrected chi connectivity index (χ1v) is 6.78. The third-order valence-electron chi connectivity index (χ3n) is 3.65. The van der Waals surface area contributed by atoms with Gasteiger partial charge >= 0.3 is 0 Å². The summed E-state index contributed by atoms with van der Waals surface area (Å²) in [5.41, 5.74) is 13.2. The molecule has 19 heavy (non-hydrogen) atoms. The predicted octanol–water partition coefficient (Wildman–Crippen LogP) is 1.26. The summed E-state index contributed by atoms with van der Waals surface area (Å²) in [6.45, 7) is 5.40. The highest BCUT2D eigenvalue weighted by Gasteiger charge is 2.19. The Morgan fingerprint density at radius 1 is 1.53 bits per heavy atom. The lowest BCUT2D eigenvalue weighted by molar-refractivity contribution is 0.100. The molecule has 0 aromatic heterocycles. The summed E-state index contributed by atoms with van der Waals surface area (Å²) < 4.78 is 0. The van der Waals surface area contributed by atoms with Crippen LogP contribution in [0.15, 0.2) is 18.2 Å². The summed E-state index contributed by atoms with van der Waals surface area (Å²) in [5.74, 6) is -0.429. The Morgan fingerprint density at radius 2 is 2.32 bits per heavy atom. The van der Waals surface area contributed by atoms with Gasteiger partial charge in [0.1, 0.15) is 0 Å². The number of amides is 1. The molecule has 0 bridgehead atoms. The van der Waals surface area contributed by atoms with E-state index in [4.69, 9.17) is 11.5 Å². The maximum Gasteiger partial charge on any atom is 0.248 e. The molecule has 1 atom stereocenters. The van der Waals surface area contributed by atoms with Crippen molar-refractivity contribution in [2.24, 2.45) is 5.73 Å². The van der Waals surface area contributed by atoms with Gasteiger partial charge < -0.3 is 21.7 Å². The van der Waals surface area contributed by atoms with Crippen LogP contribution in [0.1, 0.15) is 30.1 Å². The van der Waals surface area contributed by atoms with Crippen molar-refractivity contribution in [1.29, 1.82) is 0 Å². The van der Waals surface area contributed by atoms with E-state index in [-0.39, 0.29) is 0 Å². The molecule has 2 rings (SSSR count). The van der Waals surface area contributed by atoms with Gasteiger partial charge in [0.25, 0.3) is 0 Å². The minimum absolute atomic E-state index is 0.374.